The maximum atomic E-state index is 13.4. The third-order valence-electron chi connectivity index (χ3n) is 3.57. The summed E-state index contributed by atoms with van der Waals surface area (Å²) < 4.78 is 40.7. The average molecular weight is 354 g/mol. The van der Waals surface area contributed by atoms with Crippen LogP contribution in [0.3, 0.4) is 0 Å². The molecule has 5 heteroatoms. The lowest BCUT2D eigenvalue weighted by atomic mass is 9.94. The van der Waals surface area contributed by atoms with Gasteiger partial charge in [0, 0.05) is 11.1 Å². The highest BCUT2D eigenvalue weighted by molar-refractivity contribution is 7.81. The smallest absolute Gasteiger partial charge is 0.357 e. The Bertz CT molecular complexity index is 926. The third-order valence-corrected chi connectivity index (χ3v) is 3.94. The van der Waals surface area contributed by atoms with E-state index >= 15 is 0 Å². The topological polar surface area (TPSA) is 43.4 Å². The van der Waals surface area contributed by atoms with Gasteiger partial charge in [-0.2, -0.15) is 8.42 Å². The molecule has 0 unspecified atom stereocenters. The number of hydrogen-bond donors (Lipinski definition) is 0. The van der Waals surface area contributed by atoms with Crippen molar-refractivity contribution in [3.8, 4) is 0 Å². The summed E-state index contributed by atoms with van der Waals surface area (Å²) in [5.74, 6) is -0.0551. The van der Waals surface area contributed by atoms with Gasteiger partial charge in [0.25, 0.3) is 0 Å². The van der Waals surface area contributed by atoms with Gasteiger partial charge in [-0.05, 0) is 11.1 Å². The Hall–Kier alpha value is -2.92. The van der Waals surface area contributed by atoms with Gasteiger partial charge < -0.3 is 4.18 Å². The molecule has 0 saturated carbocycles. The van der Waals surface area contributed by atoms with Crippen molar-refractivity contribution in [2.45, 2.75) is 0 Å². The maximum Gasteiger partial charge on any atom is 0.488 e. The summed E-state index contributed by atoms with van der Waals surface area (Å²) in [5.41, 5.74) is 2.40. The molecule has 3 aromatic carbocycles. The van der Waals surface area contributed by atoms with Gasteiger partial charge in [0.2, 0.25) is 0 Å². The van der Waals surface area contributed by atoms with Crippen molar-refractivity contribution >= 4 is 21.8 Å². The van der Waals surface area contributed by atoms with Crippen LogP contribution < -0.4 is 0 Å². The molecule has 25 heavy (non-hydrogen) atoms. The van der Waals surface area contributed by atoms with Gasteiger partial charge in [-0.25, -0.2) is 0 Å². The Morgan fingerprint density at radius 3 is 1.36 bits per heavy atom. The van der Waals surface area contributed by atoms with Crippen molar-refractivity contribution < 1.29 is 16.5 Å². The summed E-state index contributed by atoms with van der Waals surface area (Å²) in [4.78, 5) is 0. The highest BCUT2D eigenvalue weighted by atomic mass is 32.3. The van der Waals surface area contributed by atoms with Gasteiger partial charge in [0.05, 0.1) is 0 Å². The Balaban J connectivity index is 2.34. The van der Waals surface area contributed by atoms with Crippen LogP contribution in [0.5, 0.6) is 0 Å². The van der Waals surface area contributed by atoms with E-state index in [9.17, 15) is 12.3 Å². The van der Waals surface area contributed by atoms with Gasteiger partial charge >= 0.3 is 10.5 Å². The van der Waals surface area contributed by atoms with Gasteiger partial charge in [0.1, 0.15) is 0 Å². The fourth-order valence-electron chi connectivity index (χ4n) is 2.56. The average Bonchev–Trinajstić information content (AvgIpc) is 2.63. The summed E-state index contributed by atoms with van der Waals surface area (Å²) in [7, 11) is -5.19. The van der Waals surface area contributed by atoms with E-state index in [0.717, 1.165) is 11.1 Å². The van der Waals surface area contributed by atoms with Crippen LogP contribution in [0, 0.1) is 0 Å². The molecule has 0 amide bonds. The van der Waals surface area contributed by atoms with Crippen molar-refractivity contribution in [2.24, 2.45) is 0 Å². The van der Waals surface area contributed by atoms with E-state index < -0.39 is 10.5 Å². The van der Waals surface area contributed by atoms with E-state index in [1.54, 1.807) is 30.3 Å². The molecule has 0 atom stereocenters. The van der Waals surface area contributed by atoms with E-state index in [1.165, 1.54) is 0 Å². The van der Waals surface area contributed by atoms with Gasteiger partial charge in [-0.15, -0.1) is 0 Å². The van der Waals surface area contributed by atoms with Crippen LogP contribution >= 0.6 is 0 Å². The van der Waals surface area contributed by atoms with Crippen LogP contribution in [-0.2, 0) is 14.7 Å². The van der Waals surface area contributed by atoms with Crippen molar-refractivity contribution in [3.05, 3.63) is 108 Å². The van der Waals surface area contributed by atoms with E-state index in [-0.39, 0.29) is 5.76 Å². The van der Waals surface area contributed by atoms with Crippen LogP contribution in [-0.4, -0.2) is 8.42 Å². The molecule has 0 aromatic heterocycles. The first-order valence-electron chi connectivity index (χ1n) is 7.59. The third kappa shape index (κ3) is 4.33. The standard InChI is InChI=1S/C20H15FO3S/c21-25(22,23)24-20(18-14-8-3-9-15-18)19(16-10-4-1-5-11-16)17-12-6-2-7-13-17/h1-15H. The minimum atomic E-state index is -5.19. The summed E-state index contributed by atoms with van der Waals surface area (Å²) >= 11 is 0. The van der Waals surface area contributed by atoms with E-state index in [4.69, 9.17) is 4.18 Å². The fourth-order valence-corrected chi connectivity index (χ4v) is 2.94. The van der Waals surface area contributed by atoms with Crippen molar-refractivity contribution in [1.82, 2.24) is 0 Å². The minimum absolute atomic E-state index is 0.0551. The van der Waals surface area contributed by atoms with Crippen molar-refractivity contribution in [1.29, 1.82) is 0 Å². The van der Waals surface area contributed by atoms with E-state index in [2.05, 4.69) is 0 Å². The van der Waals surface area contributed by atoms with Crippen LogP contribution in [0.2, 0.25) is 0 Å². The molecule has 0 aliphatic heterocycles. The number of hydrogen-bond acceptors (Lipinski definition) is 3. The van der Waals surface area contributed by atoms with Gasteiger partial charge in [-0.3, -0.25) is 0 Å². The predicted molar refractivity (Wildman–Crippen MR) is 96.4 cm³/mol. The SMILES string of the molecule is O=S(=O)(F)OC(=C(c1ccccc1)c1ccccc1)c1ccccc1. The molecule has 0 saturated heterocycles. The quantitative estimate of drug-likeness (QED) is 0.374. The normalized spacial score (nSPS) is 10.9. The van der Waals surface area contributed by atoms with Crippen LogP contribution in [0.4, 0.5) is 3.89 Å². The molecule has 0 fully saturated rings. The monoisotopic (exact) mass is 354 g/mol. The molecule has 3 nitrogen and oxygen atoms in total. The Morgan fingerprint density at radius 1 is 0.640 bits per heavy atom. The molecule has 0 aliphatic carbocycles. The van der Waals surface area contributed by atoms with Crippen LogP contribution in [0.25, 0.3) is 11.3 Å². The lowest BCUT2D eigenvalue weighted by molar-refractivity contribution is 0.420. The highest BCUT2D eigenvalue weighted by Gasteiger charge is 2.21. The number of rotatable bonds is 5. The molecule has 0 aliphatic rings. The van der Waals surface area contributed by atoms with Gasteiger partial charge in [0.15, 0.2) is 5.76 Å². The molecule has 0 radical (unpaired) electrons. The first-order chi connectivity index (χ1) is 12.0. The second-order valence-electron chi connectivity index (χ2n) is 5.28. The first kappa shape index (κ1) is 16.9. The lowest BCUT2D eigenvalue weighted by Crippen LogP contribution is -2.03. The maximum absolute atomic E-state index is 13.4. The fraction of sp³-hybridized carbons (Fsp3) is 0. The number of benzene rings is 3. The second-order valence-corrected chi connectivity index (χ2v) is 6.23. The van der Waals surface area contributed by atoms with Crippen LogP contribution in [0.1, 0.15) is 16.7 Å². The second kappa shape index (κ2) is 7.32. The number of halogens is 1. The molecular formula is C20H15FO3S. The Labute approximate surface area is 146 Å². The summed E-state index contributed by atoms with van der Waals surface area (Å²) in [6, 6.07) is 26.9. The zero-order valence-electron chi connectivity index (χ0n) is 13.2. The van der Waals surface area contributed by atoms with Crippen LogP contribution in [0.15, 0.2) is 91.0 Å². The first-order valence-corrected chi connectivity index (χ1v) is 8.90. The lowest BCUT2D eigenvalue weighted by Gasteiger charge is -2.15. The van der Waals surface area contributed by atoms with Crippen molar-refractivity contribution in [3.63, 3.8) is 0 Å². The van der Waals surface area contributed by atoms with Gasteiger partial charge in [-0.1, -0.05) is 94.9 Å². The predicted octanol–water partition coefficient (Wildman–Crippen LogP) is 4.83. The highest BCUT2D eigenvalue weighted by Crippen LogP contribution is 2.34. The molecule has 126 valence electrons. The zero-order chi connectivity index (χ0) is 17.7. The molecular weight excluding hydrogens is 339 g/mol. The van der Waals surface area contributed by atoms with E-state index in [1.807, 2.05) is 60.7 Å². The largest absolute Gasteiger partial charge is 0.488 e. The van der Waals surface area contributed by atoms with E-state index in [0.29, 0.717) is 11.1 Å². The van der Waals surface area contributed by atoms with Crippen molar-refractivity contribution in [2.75, 3.05) is 0 Å². The molecule has 0 bridgehead atoms. The molecule has 0 spiro atoms. The Morgan fingerprint density at radius 2 is 1.00 bits per heavy atom. The summed E-state index contributed by atoms with van der Waals surface area (Å²) in [6.45, 7) is 0. The summed E-state index contributed by atoms with van der Waals surface area (Å²) in [5, 5.41) is 0. The minimum Gasteiger partial charge on any atom is -0.357 e. The summed E-state index contributed by atoms with van der Waals surface area (Å²) in [6.07, 6.45) is 0. The molecule has 0 heterocycles. The Kier molecular flexibility index (Phi) is 4.95. The zero-order valence-corrected chi connectivity index (χ0v) is 14.0. The molecule has 3 aromatic rings. The molecule has 0 N–H and O–H groups in total. The molecule has 3 rings (SSSR count).